The van der Waals surface area contributed by atoms with Crippen LogP contribution >= 0.6 is 0 Å². The molecule has 2 heteroatoms. The number of carboxylic acids is 1. The summed E-state index contributed by atoms with van der Waals surface area (Å²) in [4.78, 5) is 10.5. The molecule has 1 aliphatic carbocycles. The van der Waals surface area contributed by atoms with Gasteiger partial charge in [-0.05, 0) is 37.2 Å². The lowest BCUT2D eigenvalue weighted by atomic mass is 9.82. The maximum absolute atomic E-state index is 10.5. The first-order chi connectivity index (χ1) is 6.09. The zero-order chi connectivity index (χ0) is 9.84. The highest BCUT2D eigenvalue weighted by molar-refractivity contribution is 5.83. The van der Waals surface area contributed by atoms with Crippen molar-refractivity contribution in [2.45, 2.75) is 39.5 Å². The highest BCUT2D eigenvalue weighted by atomic mass is 16.4. The fourth-order valence-electron chi connectivity index (χ4n) is 1.87. The number of carboxylic acid groups (broad SMARTS) is 1. The maximum Gasteiger partial charge on any atom is 0.0668 e. The van der Waals surface area contributed by atoms with Crippen molar-refractivity contribution in [3.63, 3.8) is 0 Å². The van der Waals surface area contributed by atoms with Crippen molar-refractivity contribution in [3.8, 4) is 0 Å². The Morgan fingerprint density at radius 3 is 2.31 bits per heavy atom. The van der Waals surface area contributed by atoms with Gasteiger partial charge in [0.05, 0.1) is 5.97 Å². The normalized spacial score (nSPS) is 30.2. The Hall–Kier alpha value is -0.790. The predicted molar refractivity (Wildman–Crippen MR) is 49.9 cm³/mol. The van der Waals surface area contributed by atoms with Gasteiger partial charge in [-0.3, -0.25) is 0 Å². The predicted octanol–water partition coefficient (Wildman–Crippen LogP) is 1.51. The molecule has 0 radical (unpaired) electrons. The second-order valence-corrected chi connectivity index (χ2v) is 4.16. The first kappa shape index (κ1) is 10.3. The molecule has 13 heavy (non-hydrogen) atoms. The summed E-state index contributed by atoms with van der Waals surface area (Å²) in [5.41, 5.74) is 0.388. The SMILES string of the molecule is C/C(=C\C1CCC(C)CC1)C(=O)[O-]. The molecule has 0 bridgehead atoms. The van der Waals surface area contributed by atoms with Crippen molar-refractivity contribution in [1.29, 1.82) is 0 Å². The molecule has 2 nitrogen and oxygen atoms in total. The fourth-order valence-corrected chi connectivity index (χ4v) is 1.87. The summed E-state index contributed by atoms with van der Waals surface area (Å²) in [7, 11) is 0. The average Bonchev–Trinajstić information content (AvgIpc) is 2.08. The van der Waals surface area contributed by atoms with Gasteiger partial charge in [0.1, 0.15) is 0 Å². The first-order valence-corrected chi connectivity index (χ1v) is 4.99. The Balaban J connectivity index is 2.46. The van der Waals surface area contributed by atoms with Crippen LogP contribution < -0.4 is 5.11 Å². The molecule has 0 spiro atoms. The Kier molecular flexibility index (Phi) is 3.52. The van der Waals surface area contributed by atoms with Crippen molar-refractivity contribution < 1.29 is 9.90 Å². The summed E-state index contributed by atoms with van der Waals surface area (Å²) in [6, 6.07) is 0. The quantitative estimate of drug-likeness (QED) is 0.606. The third-order valence-electron chi connectivity index (χ3n) is 2.87. The second-order valence-electron chi connectivity index (χ2n) is 4.16. The zero-order valence-corrected chi connectivity index (χ0v) is 8.38. The van der Waals surface area contributed by atoms with Crippen molar-refractivity contribution in [2.24, 2.45) is 11.8 Å². The average molecular weight is 181 g/mol. The van der Waals surface area contributed by atoms with E-state index in [-0.39, 0.29) is 0 Å². The van der Waals surface area contributed by atoms with Crippen LogP contribution in [0.3, 0.4) is 0 Å². The highest BCUT2D eigenvalue weighted by Crippen LogP contribution is 2.29. The van der Waals surface area contributed by atoms with Crippen molar-refractivity contribution in [3.05, 3.63) is 11.6 Å². The van der Waals surface area contributed by atoms with Crippen LogP contribution in [0.2, 0.25) is 0 Å². The molecule has 0 amide bonds. The molecule has 0 aliphatic heterocycles. The topological polar surface area (TPSA) is 40.1 Å². The van der Waals surface area contributed by atoms with Gasteiger partial charge in [0.25, 0.3) is 0 Å². The van der Waals surface area contributed by atoms with Crippen molar-refractivity contribution in [1.82, 2.24) is 0 Å². The number of hydrogen-bond donors (Lipinski definition) is 0. The van der Waals surface area contributed by atoms with Gasteiger partial charge in [-0.1, -0.05) is 25.8 Å². The van der Waals surface area contributed by atoms with Gasteiger partial charge in [0.15, 0.2) is 0 Å². The Morgan fingerprint density at radius 2 is 1.85 bits per heavy atom. The molecule has 0 heterocycles. The summed E-state index contributed by atoms with van der Waals surface area (Å²) >= 11 is 0. The van der Waals surface area contributed by atoms with Gasteiger partial charge in [-0.25, -0.2) is 0 Å². The minimum absolute atomic E-state index is 0.388. The maximum atomic E-state index is 10.5. The number of aliphatic carboxylic acids is 1. The number of carbonyl (C=O) groups is 1. The number of hydrogen-bond acceptors (Lipinski definition) is 2. The van der Waals surface area contributed by atoms with Crippen molar-refractivity contribution in [2.75, 3.05) is 0 Å². The second kappa shape index (κ2) is 4.45. The Labute approximate surface area is 79.6 Å². The van der Waals surface area contributed by atoms with E-state index >= 15 is 0 Å². The smallest absolute Gasteiger partial charge is 0.0668 e. The molecule has 0 unspecified atom stereocenters. The highest BCUT2D eigenvalue weighted by Gasteiger charge is 2.16. The summed E-state index contributed by atoms with van der Waals surface area (Å²) in [5, 5.41) is 10.5. The Bertz CT molecular complexity index is 210. The largest absolute Gasteiger partial charge is 0.545 e. The number of allylic oxidation sites excluding steroid dienone is 1. The van der Waals surface area contributed by atoms with Gasteiger partial charge < -0.3 is 9.90 Å². The van der Waals surface area contributed by atoms with Crippen LogP contribution in [0.15, 0.2) is 11.6 Å². The fraction of sp³-hybridized carbons (Fsp3) is 0.727. The van der Waals surface area contributed by atoms with Crippen LogP contribution in [0.5, 0.6) is 0 Å². The molecule has 1 rings (SSSR count). The third-order valence-corrected chi connectivity index (χ3v) is 2.87. The van der Waals surface area contributed by atoms with Gasteiger partial charge in [0, 0.05) is 0 Å². The van der Waals surface area contributed by atoms with E-state index in [9.17, 15) is 9.90 Å². The molecule has 0 aromatic heterocycles. The van der Waals surface area contributed by atoms with E-state index in [2.05, 4.69) is 6.92 Å². The van der Waals surface area contributed by atoms with Crippen LogP contribution in [0.4, 0.5) is 0 Å². The lowest BCUT2D eigenvalue weighted by Gasteiger charge is -2.24. The molecule has 0 aromatic carbocycles. The molecule has 0 atom stereocenters. The molecule has 0 aromatic rings. The molecule has 74 valence electrons. The van der Waals surface area contributed by atoms with Crippen LogP contribution in [-0.2, 0) is 4.79 Å². The minimum atomic E-state index is -1.03. The lowest BCUT2D eigenvalue weighted by molar-refractivity contribution is -0.299. The van der Waals surface area contributed by atoms with Crippen LogP contribution in [-0.4, -0.2) is 5.97 Å². The van der Waals surface area contributed by atoms with E-state index in [1.807, 2.05) is 6.08 Å². The van der Waals surface area contributed by atoms with E-state index < -0.39 is 5.97 Å². The van der Waals surface area contributed by atoms with Gasteiger partial charge in [0.2, 0.25) is 0 Å². The summed E-state index contributed by atoms with van der Waals surface area (Å²) in [6.07, 6.45) is 6.57. The van der Waals surface area contributed by atoms with Gasteiger partial charge >= 0.3 is 0 Å². The summed E-state index contributed by atoms with van der Waals surface area (Å²) in [6.45, 7) is 3.87. The molecule has 1 saturated carbocycles. The zero-order valence-electron chi connectivity index (χ0n) is 8.38. The molecular formula is C11H17O2-. The monoisotopic (exact) mass is 181 g/mol. The lowest BCUT2D eigenvalue weighted by Crippen LogP contribution is -2.24. The summed E-state index contributed by atoms with van der Waals surface area (Å²) in [5.74, 6) is 0.251. The van der Waals surface area contributed by atoms with E-state index in [1.165, 1.54) is 12.8 Å². The van der Waals surface area contributed by atoms with E-state index in [4.69, 9.17) is 0 Å². The third kappa shape index (κ3) is 3.21. The molecular weight excluding hydrogens is 164 g/mol. The van der Waals surface area contributed by atoms with Crippen LogP contribution in [0, 0.1) is 11.8 Å². The van der Waals surface area contributed by atoms with E-state index in [1.54, 1.807) is 6.92 Å². The molecule has 0 saturated heterocycles. The van der Waals surface area contributed by atoms with Crippen LogP contribution in [0.25, 0.3) is 0 Å². The summed E-state index contributed by atoms with van der Waals surface area (Å²) < 4.78 is 0. The molecule has 0 N–H and O–H groups in total. The van der Waals surface area contributed by atoms with Gasteiger partial charge in [-0.15, -0.1) is 0 Å². The Morgan fingerprint density at radius 1 is 1.31 bits per heavy atom. The first-order valence-electron chi connectivity index (χ1n) is 4.99. The van der Waals surface area contributed by atoms with E-state index in [0.29, 0.717) is 11.5 Å². The molecule has 1 fully saturated rings. The number of rotatable bonds is 2. The molecule has 1 aliphatic rings. The van der Waals surface area contributed by atoms with E-state index in [0.717, 1.165) is 18.8 Å². The standard InChI is InChI=1S/C11H18O2/c1-8-3-5-10(6-4-8)7-9(2)11(12)13/h7-8,10H,3-6H2,1-2H3,(H,12,13)/p-1/b9-7+. The number of carbonyl (C=O) groups excluding carboxylic acids is 1. The van der Waals surface area contributed by atoms with Gasteiger partial charge in [-0.2, -0.15) is 0 Å². The minimum Gasteiger partial charge on any atom is -0.545 e. The van der Waals surface area contributed by atoms with Crippen LogP contribution in [0.1, 0.15) is 39.5 Å². The van der Waals surface area contributed by atoms with Crippen molar-refractivity contribution >= 4 is 5.97 Å².